The quantitative estimate of drug-likeness (QED) is 0.574. The Morgan fingerprint density at radius 1 is 1.62 bits per heavy atom. The van der Waals surface area contributed by atoms with Crippen molar-refractivity contribution in [2.24, 2.45) is 0 Å². The van der Waals surface area contributed by atoms with Crippen LogP contribution in [-0.4, -0.2) is 5.75 Å². The summed E-state index contributed by atoms with van der Waals surface area (Å²) in [4.78, 5) is 0. The van der Waals surface area contributed by atoms with E-state index in [4.69, 9.17) is 4.18 Å². The van der Waals surface area contributed by atoms with Gasteiger partial charge in [-0.25, -0.2) is 0 Å². The maximum Gasteiger partial charge on any atom is 0.0962 e. The Balaban J connectivity index is 2.39. The van der Waals surface area contributed by atoms with E-state index in [9.17, 15) is 0 Å². The van der Waals surface area contributed by atoms with Gasteiger partial charge in [0.05, 0.1) is 6.10 Å². The van der Waals surface area contributed by atoms with Gasteiger partial charge in [0.25, 0.3) is 0 Å². The second-order valence-electron chi connectivity index (χ2n) is 2.74. The lowest BCUT2D eigenvalue weighted by molar-refractivity contribution is 0.272. The lowest BCUT2D eigenvalue weighted by Crippen LogP contribution is -1.93. The van der Waals surface area contributed by atoms with E-state index in [1.54, 1.807) is 23.4 Å². The maximum absolute atomic E-state index is 5.60. The van der Waals surface area contributed by atoms with Crippen molar-refractivity contribution in [1.29, 1.82) is 0 Å². The molecule has 1 rings (SSSR count). The van der Waals surface area contributed by atoms with Crippen LogP contribution in [0, 0.1) is 0 Å². The zero-order chi connectivity index (χ0) is 9.68. The average Bonchev–Trinajstić information content (AvgIpc) is 2.52. The van der Waals surface area contributed by atoms with Crippen LogP contribution in [-0.2, 0) is 4.18 Å². The standard InChI is InChI=1S/C9H13BrOS2/c1-3-4-13-11-7(2)8-5-12-6-9(8)10/h5-7H,3-4H2,1-2H3. The molecule has 0 spiro atoms. The van der Waals surface area contributed by atoms with Crippen molar-refractivity contribution in [3.05, 3.63) is 20.8 Å². The third-order valence-electron chi connectivity index (χ3n) is 1.58. The van der Waals surface area contributed by atoms with E-state index < -0.39 is 0 Å². The molecule has 0 aromatic carbocycles. The minimum atomic E-state index is 0.178. The molecule has 0 aliphatic heterocycles. The predicted octanol–water partition coefficient (Wildman–Crippen LogP) is 4.65. The highest BCUT2D eigenvalue weighted by atomic mass is 79.9. The largest absolute Gasteiger partial charge is 0.308 e. The Morgan fingerprint density at radius 2 is 2.38 bits per heavy atom. The number of hydrogen-bond acceptors (Lipinski definition) is 3. The summed E-state index contributed by atoms with van der Waals surface area (Å²) in [7, 11) is 0. The molecule has 1 nitrogen and oxygen atoms in total. The lowest BCUT2D eigenvalue weighted by atomic mass is 10.2. The highest BCUT2D eigenvalue weighted by molar-refractivity contribution is 9.10. The van der Waals surface area contributed by atoms with E-state index in [0.29, 0.717) is 0 Å². The Hall–Kier alpha value is 0.490. The fourth-order valence-corrected chi connectivity index (χ4v) is 3.14. The van der Waals surface area contributed by atoms with Crippen molar-refractivity contribution >= 4 is 39.3 Å². The first kappa shape index (κ1) is 11.6. The molecule has 0 amide bonds. The number of thiophene rings is 1. The number of rotatable bonds is 5. The summed E-state index contributed by atoms with van der Waals surface area (Å²) in [5, 5.41) is 4.21. The average molecular weight is 281 g/mol. The van der Waals surface area contributed by atoms with Crippen molar-refractivity contribution in [2.45, 2.75) is 26.4 Å². The molecule has 4 heteroatoms. The van der Waals surface area contributed by atoms with Gasteiger partial charge in [-0.2, -0.15) is 11.3 Å². The second kappa shape index (κ2) is 6.06. The molecule has 1 atom stereocenters. The molecule has 0 fully saturated rings. The summed E-state index contributed by atoms with van der Waals surface area (Å²) < 4.78 is 6.76. The fraction of sp³-hybridized carbons (Fsp3) is 0.556. The van der Waals surface area contributed by atoms with Gasteiger partial charge in [0, 0.05) is 21.2 Å². The van der Waals surface area contributed by atoms with Crippen LogP contribution in [0.25, 0.3) is 0 Å². The zero-order valence-electron chi connectivity index (χ0n) is 7.75. The first-order valence-electron chi connectivity index (χ1n) is 4.25. The van der Waals surface area contributed by atoms with Gasteiger partial charge >= 0.3 is 0 Å². The summed E-state index contributed by atoms with van der Waals surface area (Å²) in [5.41, 5.74) is 1.24. The normalized spacial score (nSPS) is 13.2. The van der Waals surface area contributed by atoms with Crippen LogP contribution in [0.15, 0.2) is 15.2 Å². The highest BCUT2D eigenvalue weighted by Crippen LogP contribution is 2.31. The second-order valence-corrected chi connectivity index (χ2v) is 5.17. The van der Waals surface area contributed by atoms with Gasteiger partial charge in [-0.05, 0) is 46.7 Å². The molecule has 1 aromatic heterocycles. The molecule has 1 heterocycles. The highest BCUT2D eigenvalue weighted by Gasteiger charge is 2.10. The van der Waals surface area contributed by atoms with Crippen LogP contribution in [0.3, 0.4) is 0 Å². The topological polar surface area (TPSA) is 9.23 Å². The van der Waals surface area contributed by atoms with Crippen LogP contribution >= 0.6 is 39.3 Å². The van der Waals surface area contributed by atoms with Gasteiger partial charge in [-0.3, -0.25) is 0 Å². The predicted molar refractivity (Wildman–Crippen MR) is 64.3 cm³/mol. The van der Waals surface area contributed by atoms with Crippen molar-refractivity contribution in [3.8, 4) is 0 Å². The van der Waals surface area contributed by atoms with Gasteiger partial charge in [-0.1, -0.05) is 6.92 Å². The van der Waals surface area contributed by atoms with Gasteiger partial charge in [0.1, 0.15) is 0 Å². The van der Waals surface area contributed by atoms with E-state index in [1.165, 1.54) is 5.56 Å². The summed E-state index contributed by atoms with van der Waals surface area (Å²) in [6.07, 6.45) is 1.33. The molecule has 0 N–H and O–H groups in total. The van der Waals surface area contributed by atoms with E-state index in [-0.39, 0.29) is 6.10 Å². The van der Waals surface area contributed by atoms with Gasteiger partial charge in [0.2, 0.25) is 0 Å². The van der Waals surface area contributed by atoms with Crippen molar-refractivity contribution in [1.82, 2.24) is 0 Å². The number of hydrogen-bond donors (Lipinski definition) is 0. The minimum absolute atomic E-state index is 0.178. The molecule has 0 saturated heterocycles. The van der Waals surface area contributed by atoms with Crippen LogP contribution in [0.5, 0.6) is 0 Å². The van der Waals surface area contributed by atoms with Gasteiger partial charge in [-0.15, -0.1) is 0 Å². The Bertz CT molecular complexity index is 250. The van der Waals surface area contributed by atoms with Crippen molar-refractivity contribution in [3.63, 3.8) is 0 Å². The summed E-state index contributed by atoms with van der Waals surface area (Å²) >= 11 is 6.75. The third-order valence-corrected chi connectivity index (χ3v) is 4.33. The first-order chi connectivity index (χ1) is 6.25. The van der Waals surface area contributed by atoms with Crippen LogP contribution in [0.1, 0.15) is 31.9 Å². The molecular weight excluding hydrogens is 268 g/mol. The molecule has 0 aliphatic carbocycles. The molecular formula is C9H13BrOS2. The Morgan fingerprint density at radius 3 is 2.92 bits per heavy atom. The summed E-state index contributed by atoms with van der Waals surface area (Å²) in [6, 6.07) is 0. The van der Waals surface area contributed by atoms with Gasteiger partial charge < -0.3 is 4.18 Å². The lowest BCUT2D eigenvalue weighted by Gasteiger charge is -2.10. The molecule has 0 saturated carbocycles. The Kier molecular flexibility index (Phi) is 5.39. The zero-order valence-corrected chi connectivity index (χ0v) is 11.0. The minimum Gasteiger partial charge on any atom is -0.308 e. The first-order valence-corrected chi connectivity index (χ1v) is 6.90. The fourth-order valence-electron chi connectivity index (χ4n) is 0.867. The third kappa shape index (κ3) is 3.62. The molecule has 13 heavy (non-hydrogen) atoms. The Labute approximate surface area is 96.2 Å². The maximum atomic E-state index is 5.60. The van der Waals surface area contributed by atoms with Crippen LogP contribution in [0.4, 0.5) is 0 Å². The van der Waals surface area contributed by atoms with Crippen molar-refractivity contribution < 1.29 is 4.18 Å². The van der Waals surface area contributed by atoms with E-state index in [2.05, 4.69) is 40.5 Å². The number of halogens is 1. The van der Waals surface area contributed by atoms with E-state index in [1.807, 2.05) is 0 Å². The van der Waals surface area contributed by atoms with Crippen molar-refractivity contribution in [2.75, 3.05) is 5.75 Å². The van der Waals surface area contributed by atoms with Crippen LogP contribution < -0.4 is 0 Å². The SMILES string of the molecule is CCCSOC(C)c1cscc1Br. The van der Waals surface area contributed by atoms with Gasteiger partial charge in [0.15, 0.2) is 0 Å². The van der Waals surface area contributed by atoms with Crippen LogP contribution in [0.2, 0.25) is 0 Å². The summed E-state index contributed by atoms with van der Waals surface area (Å²) in [5.74, 6) is 1.06. The van der Waals surface area contributed by atoms with E-state index in [0.717, 1.165) is 16.6 Å². The smallest absolute Gasteiger partial charge is 0.0962 e. The summed E-state index contributed by atoms with van der Waals surface area (Å²) in [6.45, 7) is 4.23. The molecule has 0 radical (unpaired) electrons. The monoisotopic (exact) mass is 280 g/mol. The molecule has 1 aromatic rings. The van der Waals surface area contributed by atoms with E-state index >= 15 is 0 Å². The molecule has 74 valence electrons. The molecule has 1 unspecified atom stereocenters. The molecule has 0 bridgehead atoms. The molecule has 0 aliphatic rings.